The van der Waals surface area contributed by atoms with Crippen LogP contribution in [0.1, 0.15) is 37.3 Å². The zero-order valence-corrected chi connectivity index (χ0v) is 17.5. The van der Waals surface area contributed by atoms with Crippen molar-refractivity contribution >= 4 is 34.5 Å². The number of carbonyl (C=O) groups excluding carboxylic acids is 1. The van der Waals surface area contributed by atoms with Crippen molar-refractivity contribution in [2.45, 2.75) is 45.1 Å². The topological polar surface area (TPSA) is 68.8 Å². The highest BCUT2D eigenvalue weighted by Crippen LogP contribution is 2.36. The summed E-state index contributed by atoms with van der Waals surface area (Å²) in [5.41, 5.74) is 7.14. The fraction of sp³-hybridized carbons (Fsp3) is 0.417. The number of carbonyl (C=O) groups is 1. The highest BCUT2D eigenvalue weighted by atomic mass is 16.2. The third-order valence-electron chi connectivity index (χ3n) is 6.33. The summed E-state index contributed by atoms with van der Waals surface area (Å²) < 4.78 is 0. The van der Waals surface area contributed by atoms with E-state index >= 15 is 0 Å². The normalized spacial score (nSPS) is 20.0. The fourth-order valence-corrected chi connectivity index (χ4v) is 4.86. The molecule has 30 heavy (non-hydrogen) atoms. The number of anilines is 4. The maximum Gasteiger partial charge on any atom is 0.223 e. The van der Waals surface area contributed by atoms with Crippen molar-refractivity contribution < 1.29 is 4.79 Å². The van der Waals surface area contributed by atoms with Gasteiger partial charge in [0.25, 0.3) is 0 Å². The molecule has 156 valence electrons. The Hall–Kier alpha value is -3.02. The molecule has 1 atom stereocenters. The van der Waals surface area contributed by atoms with E-state index in [1.165, 1.54) is 22.5 Å². The van der Waals surface area contributed by atoms with E-state index in [2.05, 4.69) is 52.3 Å². The predicted molar refractivity (Wildman–Crippen MR) is 124 cm³/mol. The van der Waals surface area contributed by atoms with Crippen molar-refractivity contribution in [2.75, 3.05) is 40.5 Å². The Morgan fingerprint density at radius 3 is 2.93 bits per heavy atom. The minimum atomic E-state index is 0.109. The van der Waals surface area contributed by atoms with Gasteiger partial charge in [0.1, 0.15) is 5.84 Å². The van der Waals surface area contributed by atoms with Gasteiger partial charge in [-0.15, -0.1) is 0 Å². The number of para-hydroxylation sites is 1. The lowest BCUT2D eigenvalue weighted by atomic mass is 10.0. The highest BCUT2D eigenvalue weighted by Gasteiger charge is 2.27. The van der Waals surface area contributed by atoms with Crippen LogP contribution in [0.25, 0.3) is 0 Å². The molecule has 5 rings (SSSR count). The molecule has 0 bridgehead atoms. The number of nitrogens with zero attached hydrogens (tertiary/aromatic N) is 2. The first-order chi connectivity index (χ1) is 14.7. The molecule has 3 N–H and O–H groups in total. The quantitative estimate of drug-likeness (QED) is 0.724. The largest absolute Gasteiger partial charge is 0.385 e. The molecule has 1 unspecified atom stereocenters. The van der Waals surface area contributed by atoms with E-state index in [1.807, 2.05) is 4.90 Å². The third kappa shape index (κ3) is 3.62. The van der Waals surface area contributed by atoms with Gasteiger partial charge in [0.15, 0.2) is 0 Å². The van der Waals surface area contributed by atoms with E-state index in [0.717, 1.165) is 68.9 Å². The van der Waals surface area contributed by atoms with Gasteiger partial charge in [-0.2, -0.15) is 0 Å². The van der Waals surface area contributed by atoms with E-state index in [-0.39, 0.29) is 5.91 Å². The molecular weight excluding hydrogens is 374 g/mol. The Balaban J connectivity index is 1.31. The number of benzene rings is 2. The van der Waals surface area contributed by atoms with Gasteiger partial charge >= 0.3 is 0 Å². The van der Waals surface area contributed by atoms with Gasteiger partial charge in [0.2, 0.25) is 5.91 Å². The summed E-state index contributed by atoms with van der Waals surface area (Å²) >= 11 is 0. The summed E-state index contributed by atoms with van der Waals surface area (Å²) in [5, 5.41) is 10.8. The Morgan fingerprint density at radius 1 is 1.17 bits per heavy atom. The average Bonchev–Trinajstić information content (AvgIpc) is 3.20. The summed E-state index contributed by atoms with van der Waals surface area (Å²) in [5.74, 6) is 1.15. The Kier molecular flexibility index (Phi) is 5.07. The van der Waals surface area contributed by atoms with Gasteiger partial charge in [-0.25, -0.2) is 0 Å². The standard InChI is InChI=1S/C24H29N5O/c1-16(30)29-14-11-17-5-2-9-22(24(17)29)27-18-10-13-26-23(15-18)28-21-8-3-7-20-19(21)6-4-12-25-20/h2-3,5,7-9,18,25,27H,4,6,10-15H2,1H3,(H,26,28). The lowest BCUT2D eigenvalue weighted by molar-refractivity contribution is -0.116. The number of fused-ring (bicyclic) bond motifs is 2. The second-order valence-corrected chi connectivity index (χ2v) is 8.38. The van der Waals surface area contributed by atoms with E-state index in [1.54, 1.807) is 6.92 Å². The summed E-state index contributed by atoms with van der Waals surface area (Å²) in [6.45, 7) is 4.27. The molecular formula is C24H29N5O. The maximum absolute atomic E-state index is 12.1. The number of amides is 1. The molecule has 1 amide bonds. The van der Waals surface area contributed by atoms with E-state index in [4.69, 9.17) is 4.99 Å². The Bertz CT molecular complexity index is 999. The molecule has 0 spiro atoms. The van der Waals surface area contributed by atoms with Crippen LogP contribution >= 0.6 is 0 Å². The van der Waals surface area contributed by atoms with E-state index in [9.17, 15) is 4.79 Å². The van der Waals surface area contributed by atoms with Crippen molar-refractivity contribution in [2.24, 2.45) is 4.99 Å². The van der Waals surface area contributed by atoms with Crippen molar-refractivity contribution in [1.82, 2.24) is 0 Å². The first-order valence-electron chi connectivity index (χ1n) is 11.0. The minimum Gasteiger partial charge on any atom is -0.385 e. The minimum absolute atomic E-state index is 0.109. The molecule has 0 fully saturated rings. The molecule has 2 aromatic carbocycles. The van der Waals surface area contributed by atoms with Crippen molar-refractivity contribution in [1.29, 1.82) is 0 Å². The van der Waals surface area contributed by atoms with Crippen LogP contribution in [0.15, 0.2) is 41.4 Å². The van der Waals surface area contributed by atoms with E-state index in [0.29, 0.717) is 6.04 Å². The van der Waals surface area contributed by atoms with Gasteiger partial charge in [0, 0.05) is 50.4 Å². The van der Waals surface area contributed by atoms with Crippen LogP contribution < -0.4 is 20.9 Å². The smallest absolute Gasteiger partial charge is 0.223 e. The predicted octanol–water partition coefficient (Wildman–Crippen LogP) is 4.04. The van der Waals surface area contributed by atoms with Gasteiger partial charge in [-0.05, 0) is 55.0 Å². The molecule has 0 saturated heterocycles. The van der Waals surface area contributed by atoms with Gasteiger partial charge in [0.05, 0.1) is 11.4 Å². The summed E-state index contributed by atoms with van der Waals surface area (Å²) in [6, 6.07) is 13.0. The lowest BCUT2D eigenvalue weighted by Gasteiger charge is -2.28. The molecule has 0 radical (unpaired) electrons. The van der Waals surface area contributed by atoms with Crippen LogP contribution in [0.3, 0.4) is 0 Å². The fourth-order valence-electron chi connectivity index (χ4n) is 4.86. The Labute approximate surface area is 177 Å². The summed E-state index contributed by atoms with van der Waals surface area (Å²) in [7, 11) is 0. The zero-order chi connectivity index (χ0) is 20.5. The monoisotopic (exact) mass is 403 g/mol. The summed E-state index contributed by atoms with van der Waals surface area (Å²) in [4.78, 5) is 18.8. The molecule has 0 aliphatic carbocycles. The van der Waals surface area contributed by atoms with Gasteiger partial charge in [-0.3, -0.25) is 9.79 Å². The van der Waals surface area contributed by atoms with Crippen LogP contribution in [0.2, 0.25) is 0 Å². The average molecular weight is 404 g/mol. The van der Waals surface area contributed by atoms with Crippen LogP contribution in [-0.4, -0.2) is 37.4 Å². The van der Waals surface area contributed by atoms with Gasteiger partial charge in [-0.1, -0.05) is 18.2 Å². The van der Waals surface area contributed by atoms with Crippen LogP contribution in [-0.2, 0) is 17.6 Å². The van der Waals surface area contributed by atoms with E-state index < -0.39 is 0 Å². The number of aliphatic imine (C=N–C) groups is 1. The number of hydrogen-bond donors (Lipinski definition) is 3. The maximum atomic E-state index is 12.1. The number of amidine groups is 1. The molecule has 0 aromatic heterocycles. The van der Waals surface area contributed by atoms with Gasteiger partial charge < -0.3 is 20.9 Å². The van der Waals surface area contributed by atoms with Crippen molar-refractivity contribution in [3.63, 3.8) is 0 Å². The lowest BCUT2D eigenvalue weighted by Crippen LogP contribution is -2.33. The number of nitrogens with one attached hydrogen (secondary N) is 3. The number of hydrogen-bond acceptors (Lipinski definition) is 5. The SMILES string of the molecule is CC(=O)N1CCc2cccc(NC3CCN=C(Nc4cccc5c4CCCN5)C3)c21. The third-order valence-corrected chi connectivity index (χ3v) is 6.33. The highest BCUT2D eigenvalue weighted by molar-refractivity contribution is 5.99. The molecule has 0 saturated carbocycles. The first-order valence-corrected chi connectivity index (χ1v) is 11.0. The molecule has 3 heterocycles. The second kappa shape index (κ2) is 8.01. The van der Waals surface area contributed by atoms with Crippen molar-refractivity contribution in [3.05, 3.63) is 47.5 Å². The first kappa shape index (κ1) is 19.0. The Morgan fingerprint density at radius 2 is 2.03 bits per heavy atom. The van der Waals surface area contributed by atoms with Crippen LogP contribution in [0.4, 0.5) is 22.7 Å². The molecule has 3 aliphatic rings. The molecule has 2 aromatic rings. The second-order valence-electron chi connectivity index (χ2n) is 8.38. The van der Waals surface area contributed by atoms with Crippen LogP contribution in [0.5, 0.6) is 0 Å². The van der Waals surface area contributed by atoms with Crippen LogP contribution in [0, 0.1) is 0 Å². The molecule has 6 heteroatoms. The van der Waals surface area contributed by atoms with Crippen molar-refractivity contribution in [3.8, 4) is 0 Å². The molecule has 3 aliphatic heterocycles. The number of rotatable bonds is 3. The molecule has 6 nitrogen and oxygen atoms in total. The zero-order valence-electron chi connectivity index (χ0n) is 17.5. The summed E-state index contributed by atoms with van der Waals surface area (Å²) in [6.07, 6.45) is 5.02.